The van der Waals surface area contributed by atoms with Crippen LogP contribution in [0.25, 0.3) is 0 Å². The molecular weight excluding hydrogens is 132 g/mol. The molecule has 0 atom stereocenters. The van der Waals surface area contributed by atoms with Crippen molar-refractivity contribution in [2.24, 2.45) is 0 Å². The quantitative estimate of drug-likeness (QED) is 0.399. The van der Waals surface area contributed by atoms with Crippen molar-refractivity contribution in [2.75, 3.05) is 5.88 Å². The molecule has 0 saturated heterocycles. The van der Waals surface area contributed by atoms with Crippen molar-refractivity contribution in [1.82, 2.24) is 0 Å². The highest BCUT2D eigenvalue weighted by Gasteiger charge is 1.86. The molecule has 55 valence electrons. The normalized spacial score (nSPS) is 10.0. The molecule has 0 N–H and O–H groups in total. The van der Waals surface area contributed by atoms with Gasteiger partial charge in [0.15, 0.2) is 0 Å². The molecule has 0 aromatic rings. The highest BCUT2D eigenvalue weighted by molar-refractivity contribution is 6.17. The topological polar surface area (TPSA) is 0 Å². The Labute approximate surface area is 63.6 Å². The number of hydrogen-bond acceptors (Lipinski definition) is 0. The summed E-state index contributed by atoms with van der Waals surface area (Å²) in [6, 6.07) is 0. The molecule has 0 amide bonds. The van der Waals surface area contributed by atoms with E-state index in [1.807, 2.05) is 0 Å². The Morgan fingerprint density at radius 3 is 2.33 bits per heavy atom. The van der Waals surface area contributed by atoms with E-state index in [0.717, 1.165) is 5.88 Å². The lowest BCUT2D eigenvalue weighted by atomic mass is 10.1. The van der Waals surface area contributed by atoms with Crippen molar-refractivity contribution >= 4 is 11.6 Å². The summed E-state index contributed by atoms with van der Waals surface area (Å²) in [7, 11) is 0. The van der Waals surface area contributed by atoms with Crippen molar-refractivity contribution in [2.45, 2.75) is 39.0 Å². The lowest BCUT2D eigenvalue weighted by molar-refractivity contribution is 0.665. The van der Waals surface area contributed by atoms with Crippen LogP contribution in [0.1, 0.15) is 39.0 Å². The summed E-state index contributed by atoms with van der Waals surface area (Å²) in [6.07, 6.45) is 8.66. The number of unbranched alkanes of at least 4 members (excludes halogenated alkanes) is 5. The van der Waals surface area contributed by atoms with Crippen molar-refractivity contribution in [3.05, 3.63) is 6.42 Å². The minimum absolute atomic E-state index is 0.829. The fourth-order valence-corrected chi connectivity index (χ4v) is 0.985. The molecule has 1 heteroatoms. The van der Waals surface area contributed by atoms with Crippen LogP contribution in [-0.2, 0) is 0 Å². The molecule has 0 rings (SSSR count). The van der Waals surface area contributed by atoms with E-state index in [4.69, 9.17) is 11.6 Å². The summed E-state index contributed by atoms with van der Waals surface area (Å²) in [5, 5.41) is 0. The van der Waals surface area contributed by atoms with Gasteiger partial charge >= 0.3 is 0 Å². The molecular formula is C8H16Cl. The Morgan fingerprint density at radius 2 is 1.78 bits per heavy atom. The summed E-state index contributed by atoms with van der Waals surface area (Å²) in [5.41, 5.74) is 0. The van der Waals surface area contributed by atoms with E-state index in [1.54, 1.807) is 0 Å². The number of rotatable bonds is 6. The Hall–Kier alpha value is 0.290. The molecule has 0 spiro atoms. The van der Waals surface area contributed by atoms with Crippen molar-refractivity contribution in [1.29, 1.82) is 0 Å². The molecule has 0 aliphatic heterocycles. The summed E-state index contributed by atoms with van der Waals surface area (Å²) < 4.78 is 0. The smallest absolute Gasteiger partial charge is 0.0223 e. The molecule has 0 aromatic heterocycles. The van der Waals surface area contributed by atoms with Crippen molar-refractivity contribution < 1.29 is 0 Å². The fourth-order valence-electron chi connectivity index (χ4n) is 0.797. The van der Waals surface area contributed by atoms with E-state index in [-0.39, 0.29) is 0 Å². The fraction of sp³-hybridized carbons (Fsp3) is 0.875. The van der Waals surface area contributed by atoms with Crippen LogP contribution in [0.2, 0.25) is 0 Å². The van der Waals surface area contributed by atoms with E-state index in [9.17, 15) is 0 Å². The van der Waals surface area contributed by atoms with Crippen molar-refractivity contribution in [3.8, 4) is 0 Å². The lowest BCUT2D eigenvalue weighted by Gasteiger charge is -1.95. The number of hydrogen-bond donors (Lipinski definition) is 0. The first-order chi connectivity index (χ1) is 4.41. The minimum atomic E-state index is 0.829. The second kappa shape index (κ2) is 8.29. The van der Waals surface area contributed by atoms with Crippen LogP contribution in [0, 0.1) is 6.42 Å². The first kappa shape index (κ1) is 9.29. The van der Waals surface area contributed by atoms with Crippen LogP contribution >= 0.6 is 11.6 Å². The van der Waals surface area contributed by atoms with Crippen molar-refractivity contribution in [3.63, 3.8) is 0 Å². The summed E-state index contributed by atoms with van der Waals surface area (Å²) in [6.45, 7) is 2.11. The summed E-state index contributed by atoms with van der Waals surface area (Å²) >= 11 is 5.51. The van der Waals surface area contributed by atoms with Gasteiger partial charge in [-0.2, -0.15) is 0 Å². The average molecular weight is 148 g/mol. The molecule has 0 nitrogen and oxygen atoms in total. The standard InChI is InChI=1S/C8H16Cl/c1-2-3-4-5-6-7-8-9/h2H,3-8H2,1H3. The second-order valence-corrected chi connectivity index (χ2v) is 2.68. The Balaban J connectivity index is 2.60. The first-order valence-corrected chi connectivity index (χ1v) is 4.29. The zero-order valence-corrected chi connectivity index (χ0v) is 6.95. The Kier molecular flexibility index (Phi) is 8.56. The van der Waals surface area contributed by atoms with Crippen LogP contribution in [0.4, 0.5) is 0 Å². The second-order valence-electron chi connectivity index (χ2n) is 2.30. The van der Waals surface area contributed by atoms with Crippen LogP contribution in [0.15, 0.2) is 0 Å². The molecule has 1 radical (unpaired) electrons. The van der Waals surface area contributed by atoms with E-state index >= 15 is 0 Å². The van der Waals surface area contributed by atoms with Crippen LogP contribution in [-0.4, -0.2) is 5.88 Å². The van der Waals surface area contributed by atoms with Gasteiger partial charge in [0.2, 0.25) is 0 Å². The molecule has 0 saturated carbocycles. The maximum absolute atomic E-state index is 5.51. The van der Waals surface area contributed by atoms with Gasteiger partial charge in [0.25, 0.3) is 0 Å². The van der Waals surface area contributed by atoms with E-state index in [2.05, 4.69) is 13.3 Å². The van der Waals surface area contributed by atoms with Gasteiger partial charge in [0, 0.05) is 5.88 Å². The SMILES string of the molecule is C[CH]CCCCCCCl. The van der Waals surface area contributed by atoms with Gasteiger partial charge in [-0.25, -0.2) is 0 Å². The van der Waals surface area contributed by atoms with E-state index in [0.29, 0.717) is 0 Å². The van der Waals surface area contributed by atoms with Gasteiger partial charge in [0.05, 0.1) is 0 Å². The highest BCUT2D eigenvalue weighted by atomic mass is 35.5. The largest absolute Gasteiger partial charge is 0.127 e. The van der Waals surface area contributed by atoms with Gasteiger partial charge in [-0.1, -0.05) is 32.6 Å². The molecule has 0 unspecified atom stereocenters. The maximum atomic E-state index is 5.51. The van der Waals surface area contributed by atoms with Gasteiger partial charge < -0.3 is 0 Å². The van der Waals surface area contributed by atoms with Crippen LogP contribution in [0.3, 0.4) is 0 Å². The minimum Gasteiger partial charge on any atom is -0.127 e. The molecule has 0 bridgehead atoms. The monoisotopic (exact) mass is 147 g/mol. The Bertz CT molecular complexity index is 37.8. The van der Waals surface area contributed by atoms with E-state index < -0.39 is 0 Å². The zero-order chi connectivity index (χ0) is 6.95. The van der Waals surface area contributed by atoms with Gasteiger partial charge in [-0.15, -0.1) is 11.6 Å². The predicted octanol–water partition coefficient (Wildman–Crippen LogP) is 3.40. The number of halogens is 1. The third-order valence-electron chi connectivity index (χ3n) is 1.38. The van der Waals surface area contributed by atoms with Crippen LogP contribution in [0.5, 0.6) is 0 Å². The molecule has 0 aliphatic rings. The third kappa shape index (κ3) is 8.29. The lowest BCUT2D eigenvalue weighted by Crippen LogP contribution is -1.78. The maximum Gasteiger partial charge on any atom is 0.0223 e. The van der Waals surface area contributed by atoms with E-state index in [1.165, 1.54) is 32.1 Å². The first-order valence-electron chi connectivity index (χ1n) is 3.75. The zero-order valence-electron chi connectivity index (χ0n) is 6.20. The number of alkyl halides is 1. The Morgan fingerprint density at radius 1 is 1.11 bits per heavy atom. The molecule has 9 heavy (non-hydrogen) atoms. The van der Waals surface area contributed by atoms with Gasteiger partial charge in [-0.3, -0.25) is 0 Å². The van der Waals surface area contributed by atoms with Crippen LogP contribution < -0.4 is 0 Å². The molecule has 0 heterocycles. The highest BCUT2D eigenvalue weighted by Crippen LogP contribution is 2.04. The molecule has 0 aromatic carbocycles. The summed E-state index contributed by atoms with van der Waals surface area (Å²) in [4.78, 5) is 0. The molecule has 0 fully saturated rings. The van der Waals surface area contributed by atoms with Gasteiger partial charge in [-0.05, 0) is 12.8 Å². The molecule has 0 aliphatic carbocycles. The predicted molar refractivity (Wildman–Crippen MR) is 43.8 cm³/mol. The third-order valence-corrected chi connectivity index (χ3v) is 1.64. The summed E-state index contributed by atoms with van der Waals surface area (Å²) in [5.74, 6) is 0.829. The van der Waals surface area contributed by atoms with Gasteiger partial charge in [0.1, 0.15) is 0 Å². The average Bonchev–Trinajstić information content (AvgIpc) is 1.89.